The van der Waals surface area contributed by atoms with E-state index >= 15 is 0 Å². The molecule has 0 nitrogen and oxygen atoms in total. The summed E-state index contributed by atoms with van der Waals surface area (Å²) in [5, 5.41) is 1.61. The molecule has 0 saturated heterocycles. The lowest BCUT2D eigenvalue weighted by atomic mass is 9.86. The highest BCUT2D eigenvalue weighted by molar-refractivity contribution is 6.52. The highest BCUT2D eigenvalue weighted by Crippen LogP contribution is 2.45. The first-order chi connectivity index (χ1) is 8.59. The third-order valence-electron chi connectivity index (χ3n) is 3.13. The monoisotopic (exact) mass is 315 g/mol. The van der Waals surface area contributed by atoms with Gasteiger partial charge in [0.05, 0.1) is 20.1 Å². The van der Waals surface area contributed by atoms with Crippen LogP contribution in [0.2, 0.25) is 20.1 Å². The van der Waals surface area contributed by atoms with Crippen LogP contribution in [0.3, 0.4) is 0 Å². The summed E-state index contributed by atoms with van der Waals surface area (Å²) in [7, 11) is 0. The van der Waals surface area contributed by atoms with E-state index in [1.54, 1.807) is 0 Å². The van der Waals surface area contributed by atoms with Crippen LogP contribution in [0, 0.1) is 6.42 Å². The SMILES string of the molecule is Clc1c(Cl)c(Cl)c2c(c1Cl)[CH]c1ccccc1C2. The predicted molar refractivity (Wildman–Crippen MR) is 78.2 cm³/mol. The van der Waals surface area contributed by atoms with Crippen LogP contribution in [0.15, 0.2) is 24.3 Å². The second-order valence-corrected chi connectivity index (χ2v) is 5.68. The van der Waals surface area contributed by atoms with Crippen molar-refractivity contribution in [2.75, 3.05) is 0 Å². The van der Waals surface area contributed by atoms with Crippen molar-refractivity contribution in [1.82, 2.24) is 0 Å². The molecule has 1 aliphatic rings. The van der Waals surface area contributed by atoms with Gasteiger partial charge in [0.15, 0.2) is 0 Å². The van der Waals surface area contributed by atoms with Gasteiger partial charge in [-0.3, -0.25) is 0 Å². The van der Waals surface area contributed by atoms with Gasteiger partial charge in [0.2, 0.25) is 0 Å². The molecule has 0 bridgehead atoms. The summed E-state index contributed by atoms with van der Waals surface area (Å²) in [5.74, 6) is 0. The van der Waals surface area contributed by atoms with E-state index in [1.165, 1.54) is 5.56 Å². The average Bonchev–Trinajstić information content (AvgIpc) is 2.41. The normalized spacial score (nSPS) is 13.1. The van der Waals surface area contributed by atoms with Crippen molar-refractivity contribution in [3.05, 3.63) is 73.0 Å². The first-order valence-corrected chi connectivity index (χ1v) is 6.88. The Hall–Kier alpha value is -0.400. The minimum Gasteiger partial charge on any atom is -0.0823 e. The molecule has 0 atom stereocenters. The summed E-state index contributed by atoms with van der Waals surface area (Å²) < 4.78 is 0. The van der Waals surface area contributed by atoms with Gasteiger partial charge in [-0.15, -0.1) is 0 Å². The van der Waals surface area contributed by atoms with E-state index in [-0.39, 0.29) is 0 Å². The number of benzene rings is 2. The third kappa shape index (κ3) is 1.83. The van der Waals surface area contributed by atoms with Crippen LogP contribution in [0.5, 0.6) is 0 Å². The fourth-order valence-electron chi connectivity index (χ4n) is 2.20. The van der Waals surface area contributed by atoms with Crippen LogP contribution in [-0.2, 0) is 6.42 Å². The van der Waals surface area contributed by atoms with Crippen LogP contribution >= 0.6 is 46.4 Å². The lowest BCUT2D eigenvalue weighted by Crippen LogP contribution is -2.07. The average molecular weight is 317 g/mol. The quantitative estimate of drug-likeness (QED) is 0.363. The van der Waals surface area contributed by atoms with Gasteiger partial charge in [-0.2, -0.15) is 0 Å². The maximum absolute atomic E-state index is 6.26. The Morgan fingerprint density at radius 1 is 0.778 bits per heavy atom. The fourth-order valence-corrected chi connectivity index (χ4v) is 3.23. The van der Waals surface area contributed by atoms with Crippen LogP contribution in [0.4, 0.5) is 0 Å². The maximum atomic E-state index is 6.26. The zero-order chi connectivity index (χ0) is 12.9. The number of fused-ring (bicyclic) bond motifs is 2. The highest BCUT2D eigenvalue weighted by Gasteiger charge is 2.24. The van der Waals surface area contributed by atoms with E-state index in [2.05, 4.69) is 6.07 Å². The molecule has 2 aromatic carbocycles. The molecule has 0 fully saturated rings. The summed E-state index contributed by atoms with van der Waals surface area (Å²) >= 11 is 24.7. The summed E-state index contributed by atoms with van der Waals surface area (Å²) in [6.07, 6.45) is 2.72. The Balaban J connectivity index is 2.25. The molecule has 0 heterocycles. The van der Waals surface area contributed by atoms with Gasteiger partial charge in [-0.25, -0.2) is 0 Å². The number of hydrogen-bond donors (Lipinski definition) is 0. The zero-order valence-electron chi connectivity index (χ0n) is 9.11. The lowest BCUT2D eigenvalue weighted by molar-refractivity contribution is 1.10. The van der Waals surface area contributed by atoms with Crippen LogP contribution in [0.1, 0.15) is 22.3 Å². The molecule has 1 radical (unpaired) electrons. The zero-order valence-corrected chi connectivity index (χ0v) is 12.1. The van der Waals surface area contributed by atoms with Gasteiger partial charge < -0.3 is 0 Å². The standard InChI is InChI=1S/C14H7Cl4/c15-11-9-5-7-3-1-2-4-8(7)6-10(9)12(16)14(18)13(11)17/h1-5H,6H2. The summed E-state index contributed by atoms with van der Waals surface area (Å²) in [5.41, 5.74) is 4.16. The van der Waals surface area contributed by atoms with Gasteiger partial charge >= 0.3 is 0 Å². The van der Waals surface area contributed by atoms with Crippen molar-refractivity contribution in [3.8, 4) is 0 Å². The smallest absolute Gasteiger partial charge is 0.0796 e. The van der Waals surface area contributed by atoms with Gasteiger partial charge in [0.25, 0.3) is 0 Å². The number of rotatable bonds is 0. The molecule has 91 valence electrons. The summed E-state index contributed by atoms with van der Waals surface area (Å²) in [6, 6.07) is 8.12. The van der Waals surface area contributed by atoms with Crippen molar-refractivity contribution in [2.24, 2.45) is 0 Å². The molecule has 0 saturated carbocycles. The van der Waals surface area contributed by atoms with Gasteiger partial charge in [-0.1, -0.05) is 70.7 Å². The van der Waals surface area contributed by atoms with Crippen LogP contribution in [-0.4, -0.2) is 0 Å². The Kier molecular flexibility index (Phi) is 3.23. The van der Waals surface area contributed by atoms with E-state index in [0.29, 0.717) is 20.1 Å². The summed E-state index contributed by atoms with van der Waals surface area (Å²) in [4.78, 5) is 0. The maximum Gasteiger partial charge on any atom is 0.0796 e. The number of halogens is 4. The number of hydrogen-bond acceptors (Lipinski definition) is 0. The topological polar surface area (TPSA) is 0 Å². The Bertz CT molecular complexity index is 591. The minimum absolute atomic E-state index is 0.317. The van der Waals surface area contributed by atoms with E-state index < -0.39 is 0 Å². The fraction of sp³-hybridized carbons (Fsp3) is 0.0714. The minimum atomic E-state index is 0.317. The Morgan fingerprint density at radius 2 is 1.44 bits per heavy atom. The molecule has 0 amide bonds. The molecule has 4 heteroatoms. The van der Waals surface area contributed by atoms with Crippen molar-refractivity contribution >= 4 is 46.4 Å². The van der Waals surface area contributed by atoms with Crippen LogP contribution in [0.25, 0.3) is 0 Å². The largest absolute Gasteiger partial charge is 0.0823 e. The second-order valence-electron chi connectivity index (χ2n) is 4.17. The van der Waals surface area contributed by atoms with Gasteiger partial charge in [-0.05, 0) is 28.7 Å². The van der Waals surface area contributed by atoms with Crippen molar-refractivity contribution < 1.29 is 0 Å². The highest BCUT2D eigenvalue weighted by atomic mass is 35.5. The van der Waals surface area contributed by atoms with Gasteiger partial charge in [0, 0.05) is 6.42 Å². The molecule has 0 spiro atoms. The van der Waals surface area contributed by atoms with E-state index in [4.69, 9.17) is 46.4 Å². The van der Waals surface area contributed by atoms with Crippen molar-refractivity contribution in [3.63, 3.8) is 0 Å². The van der Waals surface area contributed by atoms with Crippen LogP contribution < -0.4 is 0 Å². The molecule has 0 aliphatic heterocycles. The van der Waals surface area contributed by atoms with Crippen molar-refractivity contribution in [1.29, 1.82) is 0 Å². The molecule has 0 unspecified atom stereocenters. The second kappa shape index (κ2) is 4.61. The molecular weight excluding hydrogens is 310 g/mol. The lowest BCUT2D eigenvalue weighted by Gasteiger charge is -2.23. The Morgan fingerprint density at radius 3 is 2.22 bits per heavy atom. The summed E-state index contributed by atoms with van der Waals surface area (Å²) in [6.45, 7) is 0. The molecule has 2 aromatic rings. The molecule has 18 heavy (non-hydrogen) atoms. The predicted octanol–water partition coefficient (Wildman–Crippen LogP) is 5.81. The molecule has 1 aliphatic carbocycles. The molecular formula is C14H7Cl4. The van der Waals surface area contributed by atoms with E-state index in [0.717, 1.165) is 23.1 Å². The molecule has 0 N–H and O–H groups in total. The van der Waals surface area contributed by atoms with E-state index in [1.807, 2.05) is 24.6 Å². The molecule has 3 rings (SSSR count). The third-order valence-corrected chi connectivity index (χ3v) is 4.98. The Labute approximate surface area is 125 Å². The first-order valence-electron chi connectivity index (χ1n) is 5.37. The molecule has 0 aromatic heterocycles. The van der Waals surface area contributed by atoms with Crippen molar-refractivity contribution in [2.45, 2.75) is 6.42 Å². The first kappa shape index (κ1) is 12.6. The van der Waals surface area contributed by atoms with E-state index in [9.17, 15) is 0 Å². The van der Waals surface area contributed by atoms with Gasteiger partial charge in [0.1, 0.15) is 0 Å².